The molecule has 0 bridgehead atoms. The Morgan fingerprint density at radius 1 is 0.625 bits per heavy atom. The number of hydrogen-bond acceptors (Lipinski definition) is 6. The molecule has 1 aliphatic carbocycles. The molecule has 3 fully saturated rings. The Balaban J connectivity index is 0.000000194. The molecule has 2 saturated heterocycles. The van der Waals surface area contributed by atoms with Gasteiger partial charge in [-0.05, 0) is 61.4 Å². The van der Waals surface area contributed by atoms with E-state index in [2.05, 4.69) is 6.92 Å². The summed E-state index contributed by atoms with van der Waals surface area (Å²) in [5.74, 6) is -2.14. The van der Waals surface area contributed by atoms with E-state index in [4.69, 9.17) is 29.5 Å². The van der Waals surface area contributed by atoms with Gasteiger partial charge >= 0.3 is 0 Å². The fraction of sp³-hybridized carbons (Fsp3) is 0.533. The van der Waals surface area contributed by atoms with Gasteiger partial charge in [0.1, 0.15) is 46.5 Å². The van der Waals surface area contributed by atoms with Crippen molar-refractivity contribution in [2.75, 3.05) is 26.4 Å². The van der Waals surface area contributed by atoms with Crippen molar-refractivity contribution in [3.8, 4) is 12.1 Å². The van der Waals surface area contributed by atoms with Crippen molar-refractivity contribution in [3.05, 3.63) is 69.8 Å². The number of ether oxygens (including phenoxy) is 4. The van der Waals surface area contributed by atoms with E-state index < -0.39 is 40.7 Å². The molecular formula is C30H32F4N2O4. The summed E-state index contributed by atoms with van der Waals surface area (Å²) in [5.41, 5.74) is -0.180. The van der Waals surface area contributed by atoms with E-state index in [0.717, 1.165) is 51.0 Å². The van der Waals surface area contributed by atoms with Gasteiger partial charge in [0, 0.05) is 23.3 Å². The monoisotopic (exact) mass is 560 g/mol. The molecule has 2 aliphatic heterocycles. The zero-order chi connectivity index (χ0) is 28.8. The number of nitriles is 2. The summed E-state index contributed by atoms with van der Waals surface area (Å²) in [6.45, 7) is 6.48. The Morgan fingerprint density at radius 3 is 1.45 bits per heavy atom. The van der Waals surface area contributed by atoms with Crippen LogP contribution in [0.25, 0.3) is 0 Å². The van der Waals surface area contributed by atoms with E-state index in [1.807, 2.05) is 6.92 Å². The summed E-state index contributed by atoms with van der Waals surface area (Å²) in [6.07, 6.45) is 2.66. The van der Waals surface area contributed by atoms with Gasteiger partial charge in [-0.3, -0.25) is 0 Å². The molecule has 2 aromatic rings. The Morgan fingerprint density at radius 2 is 1.02 bits per heavy atom. The van der Waals surface area contributed by atoms with Crippen LogP contribution in [-0.4, -0.2) is 32.7 Å². The first-order valence-corrected chi connectivity index (χ1v) is 13.4. The van der Waals surface area contributed by atoms with Crippen LogP contribution < -0.4 is 0 Å². The van der Waals surface area contributed by atoms with Crippen LogP contribution in [-0.2, 0) is 18.9 Å². The fourth-order valence-corrected chi connectivity index (χ4v) is 5.17. The lowest BCUT2D eigenvalue weighted by Crippen LogP contribution is -2.37. The molecule has 0 amide bonds. The predicted octanol–water partition coefficient (Wildman–Crippen LogP) is 6.64. The van der Waals surface area contributed by atoms with Gasteiger partial charge in [0.05, 0.1) is 26.4 Å². The molecule has 0 spiro atoms. The fourth-order valence-electron chi connectivity index (χ4n) is 5.17. The van der Waals surface area contributed by atoms with Gasteiger partial charge in [-0.15, -0.1) is 0 Å². The van der Waals surface area contributed by atoms with E-state index in [-0.39, 0.29) is 23.7 Å². The van der Waals surface area contributed by atoms with Gasteiger partial charge in [-0.25, -0.2) is 17.6 Å². The van der Waals surface area contributed by atoms with E-state index in [9.17, 15) is 17.6 Å². The molecule has 10 heteroatoms. The van der Waals surface area contributed by atoms with E-state index >= 15 is 0 Å². The molecule has 0 aromatic heterocycles. The number of benzene rings is 2. The highest BCUT2D eigenvalue weighted by Crippen LogP contribution is 2.39. The van der Waals surface area contributed by atoms with Crippen molar-refractivity contribution >= 4 is 0 Å². The SMILES string of the molecule is CC1COC(C2CCC(c3cc(F)c(C#N)c(F)c3)CC2)OC1.CC1COC(c2cc(F)c(C#N)c(F)c2)OC1. The van der Waals surface area contributed by atoms with Crippen molar-refractivity contribution in [2.24, 2.45) is 17.8 Å². The molecule has 1 saturated carbocycles. The van der Waals surface area contributed by atoms with Gasteiger partial charge < -0.3 is 18.9 Å². The maximum atomic E-state index is 13.8. The average molecular weight is 561 g/mol. The third-order valence-corrected chi connectivity index (χ3v) is 7.41. The predicted molar refractivity (Wildman–Crippen MR) is 136 cm³/mol. The maximum absolute atomic E-state index is 13.8. The first-order chi connectivity index (χ1) is 19.2. The quantitative estimate of drug-likeness (QED) is 0.392. The molecule has 3 aliphatic rings. The van der Waals surface area contributed by atoms with Crippen LogP contribution in [0.15, 0.2) is 24.3 Å². The number of hydrogen-bond donors (Lipinski definition) is 0. The van der Waals surface area contributed by atoms with Crippen molar-refractivity contribution in [2.45, 2.75) is 58.0 Å². The van der Waals surface area contributed by atoms with Crippen LogP contribution in [0.2, 0.25) is 0 Å². The maximum Gasteiger partial charge on any atom is 0.184 e. The zero-order valence-corrected chi connectivity index (χ0v) is 22.5. The van der Waals surface area contributed by atoms with Gasteiger partial charge in [-0.1, -0.05) is 13.8 Å². The Bertz CT molecular complexity index is 1210. The second-order valence-corrected chi connectivity index (χ2v) is 10.8. The molecule has 40 heavy (non-hydrogen) atoms. The number of nitrogens with zero attached hydrogens (tertiary/aromatic N) is 2. The van der Waals surface area contributed by atoms with Crippen LogP contribution in [0.5, 0.6) is 0 Å². The normalized spacial score (nSPS) is 28.5. The minimum Gasteiger partial charge on any atom is -0.352 e. The van der Waals surface area contributed by atoms with Crippen molar-refractivity contribution in [1.82, 2.24) is 0 Å². The molecule has 0 unspecified atom stereocenters. The highest BCUT2D eigenvalue weighted by Gasteiger charge is 2.32. The summed E-state index contributed by atoms with van der Waals surface area (Å²) in [4.78, 5) is 0. The highest BCUT2D eigenvalue weighted by molar-refractivity contribution is 5.37. The average Bonchev–Trinajstić information content (AvgIpc) is 2.94. The van der Waals surface area contributed by atoms with E-state index in [0.29, 0.717) is 30.6 Å². The Hall–Kier alpha value is -3.02. The summed E-state index contributed by atoms with van der Waals surface area (Å²) in [7, 11) is 0. The summed E-state index contributed by atoms with van der Waals surface area (Å²) in [5, 5.41) is 17.3. The van der Waals surface area contributed by atoms with Crippen molar-refractivity contribution in [3.63, 3.8) is 0 Å². The van der Waals surface area contributed by atoms with Gasteiger partial charge in [0.2, 0.25) is 0 Å². The van der Waals surface area contributed by atoms with Crippen LogP contribution in [0.1, 0.15) is 74.0 Å². The lowest BCUT2D eigenvalue weighted by molar-refractivity contribution is -0.226. The second kappa shape index (κ2) is 13.6. The topological polar surface area (TPSA) is 84.5 Å². The lowest BCUT2D eigenvalue weighted by atomic mass is 9.78. The van der Waals surface area contributed by atoms with E-state index in [1.54, 1.807) is 6.07 Å². The molecule has 5 rings (SSSR count). The summed E-state index contributed by atoms with van der Waals surface area (Å²) < 4.78 is 76.4. The Kier molecular flexibility index (Phi) is 10.2. The first kappa shape index (κ1) is 30.0. The van der Waals surface area contributed by atoms with Crippen LogP contribution in [0.3, 0.4) is 0 Å². The smallest absolute Gasteiger partial charge is 0.184 e. The largest absolute Gasteiger partial charge is 0.352 e. The zero-order valence-electron chi connectivity index (χ0n) is 22.5. The molecule has 0 atom stereocenters. The van der Waals surface area contributed by atoms with Crippen LogP contribution >= 0.6 is 0 Å². The molecular weight excluding hydrogens is 528 g/mol. The van der Waals surface area contributed by atoms with Crippen molar-refractivity contribution in [1.29, 1.82) is 10.5 Å². The minimum absolute atomic E-state index is 0.130. The number of halogens is 4. The van der Waals surface area contributed by atoms with Gasteiger partial charge in [-0.2, -0.15) is 10.5 Å². The molecule has 6 nitrogen and oxygen atoms in total. The standard InChI is InChI=1S/C18H21F2NO2.C12H11F2NO2/c1-11-9-22-18(23-10-11)13-4-2-12(3-5-13)14-6-16(19)15(8-21)17(20)7-14;1-7-5-16-12(17-6-7)8-2-10(13)9(4-15)11(14)3-8/h6-7,11-13,18H,2-5,9-10H2,1H3;2-3,7,12H,5-6H2,1H3. The van der Waals surface area contributed by atoms with E-state index in [1.165, 1.54) is 18.2 Å². The second-order valence-electron chi connectivity index (χ2n) is 10.8. The minimum atomic E-state index is -0.895. The molecule has 214 valence electrons. The van der Waals surface area contributed by atoms with Crippen molar-refractivity contribution < 1.29 is 36.5 Å². The van der Waals surface area contributed by atoms with Crippen LogP contribution in [0, 0.1) is 63.7 Å². The van der Waals surface area contributed by atoms with Crippen LogP contribution in [0.4, 0.5) is 17.6 Å². The third-order valence-electron chi connectivity index (χ3n) is 7.41. The molecule has 0 radical (unpaired) electrons. The molecule has 0 N–H and O–H groups in total. The summed E-state index contributed by atoms with van der Waals surface area (Å²) in [6, 6.07) is 7.79. The lowest BCUT2D eigenvalue weighted by Gasteiger charge is -2.37. The molecule has 2 aromatic carbocycles. The third kappa shape index (κ3) is 7.18. The first-order valence-electron chi connectivity index (χ1n) is 13.4. The number of rotatable bonds is 3. The highest BCUT2D eigenvalue weighted by atomic mass is 19.1. The summed E-state index contributed by atoms with van der Waals surface area (Å²) >= 11 is 0. The van der Waals surface area contributed by atoms with Gasteiger partial charge in [0.15, 0.2) is 12.6 Å². The molecule has 2 heterocycles. The Labute approximate surface area is 231 Å². The van der Waals surface area contributed by atoms with Gasteiger partial charge in [0.25, 0.3) is 0 Å².